The molecule has 1 atom stereocenters. The first-order valence-electron chi connectivity index (χ1n) is 8.47. The molecule has 0 aliphatic heterocycles. The van der Waals surface area contributed by atoms with E-state index < -0.39 is 5.25 Å². The number of hydrogen-bond acceptors (Lipinski definition) is 5. The van der Waals surface area contributed by atoms with Gasteiger partial charge in [-0.25, -0.2) is 9.97 Å². The summed E-state index contributed by atoms with van der Waals surface area (Å²) in [5.74, 6) is -0.243. The van der Waals surface area contributed by atoms with Crippen molar-refractivity contribution in [3.05, 3.63) is 58.1 Å². The minimum Gasteiger partial charge on any atom is -0.322 e. The number of para-hydroxylation sites is 1. The van der Waals surface area contributed by atoms with Crippen LogP contribution in [0.3, 0.4) is 0 Å². The number of benzene rings is 1. The maximum Gasteiger partial charge on any atom is 0.262 e. The summed E-state index contributed by atoms with van der Waals surface area (Å²) in [6.45, 7) is 5.60. The van der Waals surface area contributed by atoms with Crippen molar-refractivity contribution in [1.82, 2.24) is 14.5 Å². The number of pyridine rings is 1. The lowest BCUT2D eigenvalue weighted by atomic mass is 10.2. The number of thioether (sulfide) groups is 1. The van der Waals surface area contributed by atoms with E-state index in [0.717, 1.165) is 0 Å². The summed E-state index contributed by atoms with van der Waals surface area (Å²) in [7, 11) is 0. The second kappa shape index (κ2) is 8.10. The maximum atomic E-state index is 12.9. The number of carbonyl (C=O) groups excluding carboxylic acids is 1. The fraction of sp³-hybridized carbons (Fsp3) is 0.263. The van der Waals surface area contributed by atoms with Gasteiger partial charge in [0.1, 0.15) is 0 Å². The van der Waals surface area contributed by atoms with Gasteiger partial charge in [-0.2, -0.15) is 0 Å². The van der Waals surface area contributed by atoms with Crippen LogP contribution in [-0.4, -0.2) is 25.7 Å². The monoisotopic (exact) mass is 402 g/mol. The average molecular weight is 403 g/mol. The number of nitrogens with zero attached hydrogens (tertiary/aromatic N) is 3. The Morgan fingerprint density at radius 2 is 1.93 bits per heavy atom. The summed E-state index contributed by atoms with van der Waals surface area (Å²) >= 11 is 7.23. The van der Waals surface area contributed by atoms with Crippen LogP contribution < -0.4 is 10.9 Å². The Morgan fingerprint density at radius 1 is 1.19 bits per heavy atom. The molecular weight excluding hydrogens is 384 g/mol. The summed E-state index contributed by atoms with van der Waals surface area (Å²) < 4.78 is 1.62. The third-order valence-electron chi connectivity index (χ3n) is 3.96. The molecule has 1 amide bonds. The van der Waals surface area contributed by atoms with Crippen LogP contribution in [0.1, 0.15) is 26.8 Å². The molecule has 0 spiro atoms. The number of hydrogen-bond donors (Lipinski definition) is 1. The third kappa shape index (κ3) is 4.14. The zero-order valence-electron chi connectivity index (χ0n) is 15.1. The lowest BCUT2D eigenvalue weighted by Crippen LogP contribution is -2.28. The molecule has 0 saturated heterocycles. The Bertz CT molecular complexity index is 1050. The van der Waals surface area contributed by atoms with Gasteiger partial charge in [0.2, 0.25) is 5.91 Å². The SMILES string of the molecule is CC(C)n1c(S[C@@H](C)C(=O)Nc2cccnc2Cl)nc2ccccc2c1=O. The normalized spacial score (nSPS) is 12.3. The van der Waals surface area contributed by atoms with E-state index in [4.69, 9.17) is 11.6 Å². The number of anilines is 1. The smallest absolute Gasteiger partial charge is 0.262 e. The quantitative estimate of drug-likeness (QED) is 0.394. The summed E-state index contributed by atoms with van der Waals surface area (Å²) in [4.78, 5) is 34.0. The fourth-order valence-corrected chi connectivity index (χ4v) is 3.80. The van der Waals surface area contributed by atoms with Crippen molar-refractivity contribution in [1.29, 1.82) is 0 Å². The van der Waals surface area contributed by atoms with E-state index in [-0.39, 0.29) is 22.7 Å². The van der Waals surface area contributed by atoms with Crippen LogP contribution in [0.2, 0.25) is 5.15 Å². The van der Waals surface area contributed by atoms with Crippen molar-refractivity contribution >= 4 is 45.9 Å². The molecule has 3 rings (SSSR count). The predicted octanol–water partition coefficient (Wildman–Crippen LogP) is 4.15. The molecule has 0 radical (unpaired) electrons. The van der Waals surface area contributed by atoms with E-state index in [1.54, 1.807) is 42.0 Å². The zero-order chi connectivity index (χ0) is 19.6. The van der Waals surface area contributed by atoms with Crippen LogP contribution in [0.25, 0.3) is 10.9 Å². The summed E-state index contributed by atoms with van der Waals surface area (Å²) in [5, 5.41) is 3.57. The Kier molecular flexibility index (Phi) is 5.82. The highest BCUT2D eigenvalue weighted by Crippen LogP contribution is 2.26. The maximum absolute atomic E-state index is 12.9. The van der Waals surface area contributed by atoms with E-state index in [0.29, 0.717) is 21.7 Å². The number of fused-ring (bicyclic) bond motifs is 1. The molecule has 0 aliphatic carbocycles. The lowest BCUT2D eigenvalue weighted by Gasteiger charge is -2.18. The molecule has 2 heterocycles. The molecule has 0 saturated carbocycles. The molecule has 3 aromatic rings. The molecule has 0 unspecified atom stereocenters. The van der Waals surface area contributed by atoms with E-state index in [1.165, 1.54) is 11.8 Å². The Labute approximate surface area is 166 Å². The van der Waals surface area contributed by atoms with Gasteiger partial charge in [0.05, 0.1) is 21.8 Å². The first-order chi connectivity index (χ1) is 12.9. The number of nitrogens with one attached hydrogen (secondary N) is 1. The van der Waals surface area contributed by atoms with E-state index in [1.807, 2.05) is 26.0 Å². The van der Waals surface area contributed by atoms with Crippen molar-refractivity contribution in [2.45, 2.75) is 37.2 Å². The predicted molar refractivity (Wildman–Crippen MR) is 110 cm³/mol. The Hall–Kier alpha value is -2.38. The molecule has 1 aromatic carbocycles. The Morgan fingerprint density at radius 3 is 2.63 bits per heavy atom. The molecule has 2 aromatic heterocycles. The van der Waals surface area contributed by atoms with Gasteiger partial charge in [-0.3, -0.25) is 14.2 Å². The molecule has 6 nitrogen and oxygen atoms in total. The van der Waals surface area contributed by atoms with Gasteiger partial charge in [0, 0.05) is 12.2 Å². The van der Waals surface area contributed by atoms with E-state index >= 15 is 0 Å². The fourth-order valence-electron chi connectivity index (χ4n) is 2.59. The van der Waals surface area contributed by atoms with Gasteiger partial charge in [0.25, 0.3) is 5.56 Å². The van der Waals surface area contributed by atoms with Crippen LogP contribution in [0, 0.1) is 0 Å². The minimum atomic E-state index is -0.487. The highest BCUT2D eigenvalue weighted by Gasteiger charge is 2.21. The van der Waals surface area contributed by atoms with Crippen LogP contribution in [0.4, 0.5) is 5.69 Å². The van der Waals surface area contributed by atoms with Gasteiger partial charge in [-0.1, -0.05) is 35.5 Å². The second-order valence-corrected chi connectivity index (χ2v) is 7.94. The standard InChI is InChI=1S/C19H19ClN4O2S/c1-11(2)24-18(26)13-7-4-5-8-14(13)23-19(24)27-12(3)17(25)22-15-9-6-10-21-16(15)20/h4-12H,1-3H3,(H,22,25)/t12-/m0/s1. The van der Waals surface area contributed by atoms with Crippen molar-refractivity contribution in [3.8, 4) is 0 Å². The molecule has 1 N–H and O–H groups in total. The highest BCUT2D eigenvalue weighted by atomic mass is 35.5. The average Bonchev–Trinajstić information content (AvgIpc) is 2.63. The van der Waals surface area contributed by atoms with Gasteiger partial charge in [-0.05, 0) is 45.0 Å². The number of aromatic nitrogens is 3. The molecule has 0 aliphatic rings. The first-order valence-corrected chi connectivity index (χ1v) is 9.73. The molecular formula is C19H19ClN4O2S. The van der Waals surface area contributed by atoms with Gasteiger partial charge < -0.3 is 5.32 Å². The number of rotatable bonds is 5. The largest absolute Gasteiger partial charge is 0.322 e. The van der Waals surface area contributed by atoms with Crippen molar-refractivity contribution in [2.24, 2.45) is 0 Å². The van der Waals surface area contributed by atoms with Gasteiger partial charge >= 0.3 is 0 Å². The molecule has 8 heteroatoms. The van der Waals surface area contributed by atoms with Crippen molar-refractivity contribution in [3.63, 3.8) is 0 Å². The van der Waals surface area contributed by atoms with Crippen LogP contribution in [0.5, 0.6) is 0 Å². The molecule has 0 bridgehead atoms. The van der Waals surface area contributed by atoms with Crippen LogP contribution >= 0.6 is 23.4 Å². The zero-order valence-corrected chi connectivity index (χ0v) is 16.7. The van der Waals surface area contributed by atoms with Crippen LogP contribution in [0.15, 0.2) is 52.5 Å². The number of halogens is 1. The van der Waals surface area contributed by atoms with Crippen LogP contribution in [-0.2, 0) is 4.79 Å². The molecule has 0 fully saturated rings. The summed E-state index contributed by atoms with van der Waals surface area (Å²) in [6.07, 6.45) is 1.55. The first kappa shape index (κ1) is 19.4. The second-order valence-electron chi connectivity index (χ2n) is 6.27. The minimum absolute atomic E-state index is 0.0832. The Balaban J connectivity index is 1.91. The number of carbonyl (C=O) groups is 1. The van der Waals surface area contributed by atoms with Gasteiger partial charge in [0.15, 0.2) is 10.3 Å². The third-order valence-corrected chi connectivity index (χ3v) is 5.33. The van der Waals surface area contributed by atoms with Gasteiger partial charge in [-0.15, -0.1) is 0 Å². The van der Waals surface area contributed by atoms with E-state index in [9.17, 15) is 9.59 Å². The highest BCUT2D eigenvalue weighted by molar-refractivity contribution is 8.00. The topological polar surface area (TPSA) is 76.9 Å². The summed E-state index contributed by atoms with van der Waals surface area (Å²) in [6, 6.07) is 10.5. The molecule has 140 valence electrons. The lowest BCUT2D eigenvalue weighted by molar-refractivity contribution is -0.115. The van der Waals surface area contributed by atoms with E-state index in [2.05, 4.69) is 15.3 Å². The van der Waals surface area contributed by atoms with Crippen molar-refractivity contribution in [2.75, 3.05) is 5.32 Å². The van der Waals surface area contributed by atoms with Crippen molar-refractivity contribution < 1.29 is 4.79 Å². The number of amides is 1. The molecule has 27 heavy (non-hydrogen) atoms. The summed E-state index contributed by atoms with van der Waals surface area (Å²) in [5.41, 5.74) is 0.954.